The number of amides is 1. The zero-order valence-electron chi connectivity index (χ0n) is 11.8. The molecule has 1 atom stereocenters. The molecule has 0 spiro atoms. The van der Waals surface area contributed by atoms with E-state index in [4.69, 9.17) is 0 Å². The van der Waals surface area contributed by atoms with Crippen LogP contribution in [0.25, 0.3) is 0 Å². The first-order valence-electron chi connectivity index (χ1n) is 6.85. The summed E-state index contributed by atoms with van der Waals surface area (Å²) < 4.78 is 31.3. The van der Waals surface area contributed by atoms with E-state index in [2.05, 4.69) is 4.74 Å². The van der Waals surface area contributed by atoms with Crippen LogP contribution in [0.5, 0.6) is 0 Å². The molecule has 0 aliphatic carbocycles. The summed E-state index contributed by atoms with van der Waals surface area (Å²) in [4.78, 5) is 25.3. The Morgan fingerprint density at radius 1 is 1.33 bits per heavy atom. The molecule has 1 aliphatic heterocycles. The SMILES string of the molecule is COC(=O)CC1CCCCN1C(=O)c1ccc(F)cc1F. The van der Waals surface area contributed by atoms with Crippen LogP contribution in [0.4, 0.5) is 8.78 Å². The highest BCUT2D eigenvalue weighted by Crippen LogP contribution is 2.23. The van der Waals surface area contributed by atoms with Gasteiger partial charge in [-0.25, -0.2) is 8.78 Å². The summed E-state index contributed by atoms with van der Waals surface area (Å²) in [6.07, 6.45) is 2.46. The number of carbonyl (C=O) groups is 2. The van der Waals surface area contributed by atoms with E-state index in [1.807, 2.05) is 0 Å². The molecule has 0 aromatic heterocycles. The maximum Gasteiger partial charge on any atom is 0.307 e. The highest BCUT2D eigenvalue weighted by molar-refractivity contribution is 5.95. The van der Waals surface area contributed by atoms with E-state index in [0.29, 0.717) is 19.0 Å². The van der Waals surface area contributed by atoms with Crippen molar-refractivity contribution >= 4 is 11.9 Å². The van der Waals surface area contributed by atoms with Crippen molar-refractivity contribution in [2.45, 2.75) is 31.7 Å². The number of carbonyl (C=O) groups excluding carboxylic acids is 2. The van der Waals surface area contributed by atoms with Crippen molar-refractivity contribution in [3.63, 3.8) is 0 Å². The molecule has 1 aliphatic rings. The number of nitrogens with zero attached hydrogens (tertiary/aromatic N) is 1. The number of rotatable bonds is 3. The molecule has 4 nitrogen and oxygen atoms in total. The predicted octanol–water partition coefficient (Wildman–Crippen LogP) is 2.52. The van der Waals surface area contributed by atoms with E-state index < -0.39 is 23.5 Å². The molecular formula is C15H17F2NO3. The third-order valence-corrected chi connectivity index (χ3v) is 3.68. The second-order valence-corrected chi connectivity index (χ2v) is 5.05. The fourth-order valence-electron chi connectivity index (χ4n) is 2.57. The van der Waals surface area contributed by atoms with Gasteiger partial charge in [-0.05, 0) is 31.4 Å². The van der Waals surface area contributed by atoms with Crippen LogP contribution < -0.4 is 0 Å². The summed E-state index contributed by atoms with van der Waals surface area (Å²) in [5.74, 6) is -2.53. The highest BCUT2D eigenvalue weighted by atomic mass is 19.1. The quantitative estimate of drug-likeness (QED) is 0.805. The summed E-state index contributed by atoms with van der Waals surface area (Å²) in [5.41, 5.74) is -0.173. The molecule has 2 rings (SSSR count). The monoisotopic (exact) mass is 297 g/mol. The Balaban J connectivity index is 2.20. The van der Waals surface area contributed by atoms with Gasteiger partial charge >= 0.3 is 5.97 Å². The maximum atomic E-state index is 13.7. The molecule has 0 radical (unpaired) electrons. The van der Waals surface area contributed by atoms with Gasteiger partial charge in [-0.1, -0.05) is 0 Å². The largest absolute Gasteiger partial charge is 0.469 e. The summed E-state index contributed by atoms with van der Waals surface area (Å²) >= 11 is 0. The topological polar surface area (TPSA) is 46.6 Å². The normalized spacial score (nSPS) is 18.4. The van der Waals surface area contributed by atoms with Gasteiger partial charge in [0.1, 0.15) is 11.6 Å². The van der Waals surface area contributed by atoms with E-state index >= 15 is 0 Å². The van der Waals surface area contributed by atoms with Gasteiger partial charge in [-0.2, -0.15) is 0 Å². The van der Waals surface area contributed by atoms with Crippen LogP contribution in [0, 0.1) is 11.6 Å². The highest BCUT2D eigenvalue weighted by Gasteiger charge is 2.30. The van der Waals surface area contributed by atoms with Crippen LogP contribution in [0.3, 0.4) is 0 Å². The molecule has 1 saturated heterocycles. The van der Waals surface area contributed by atoms with Crippen LogP contribution in [-0.4, -0.2) is 36.5 Å². The third-order valence-electron chi connectivity index (χ3n) is 3.68. The molecule has 1 aromatic carbocycles. The van der Waals surface area contributed by atoms with E-state index in [9.17, 15) is 18.4 Å². The zero-order valence-corrected chi connectivity index (χ0v) is 11.8. The van der Waals surface area contributed by atoms with Crippen molar-refractivity contribution in [3.8, 4) is 0 Å². The van der Waals surface area contributed by atoms with Crippen molar-refractivity contribution < 1.29 is 23.1 Å². The lowest BCUT2D eigenvalue weighted by atomic mass is 9.98. The first-order valence-corrected chi connectivity index (χ1v) is 6.85. The molecule has 1 heterocycles. The van der Waals surface area contributed by atoms with Crippen LogP contribution in [-0.2, 0) is 9.53 Å². The molecule has 1 amide bonds. The number of piperidine rings is 1. The Labute approximate surface area is 121 Å². The van der Waals surface area contributed by atoms with Crippen LogP contribution in [0.1, 0.15) is 36.0 Å². The number of hydrogen-bond acceptors (Lipinski definition) is 3. The number of esters is 1. The third kappa shape index (κ3) is 3.56. The lowest BCUT2D eigenvalue weighted by molar-refractivity contribution is -0.142. The fourth-order valence-corrected chi connectivity index (χ4v) is 2.57. The first kappa shape index (κ1) is 15.4. The Hall–Kier alpha value is -1.98. The van der Waals surface area contributed by atoms with Crippen molar-refractivity contribution in [1.29, 1.82) is 0 Å². The van der Waals surface area contributed by atoms with E-state index in [1.165, 1.54) is 12.0 Å². The number of methoxy groups -OCH3 is 1. The molecule has 21 heavy (non-hydrogen) atoms. The fraction of sp³-hybridized carbons (Fsp3) is 0.467. The second kappa shape index (κ2) is 6.65. The van der Waals surface area contributed by atoms with Gasteiger partial charge in [-0.15, -0.1) is 0 Å². The second-order valence-electron chi connectivity index (χ2n) is 5.05. The van der Waals surface area contributed by atoms with Gasteiger partial charge in [0, 0.05) is 18.7 Å². The molecule has 1 unspecified atom stereocenters. The van der Waals surface area contributed by atoms with E-state index in [0.717, 1.165) is 25.0 Å². The number of likely N-dealkylation sites (tertiary alicyclic amines) is 1. The summed E-state index contributed by atoms with van der Waals surface area (Å²) in [6, 6.07) is 2.57. The van der Waals surface area contributed by atoms with Crippen LogP contribution in [0.15, 0.2) is 18.2 Å². The number of benzene rings is 1. The molecule has 1 fully saturated rings. The smallest absolute Gasteiger partial charge is 0.307 e. The van der Waals surface area contributed by atoms with E-state index in [1.54, 1.807) is 0 Å². The zero-order chi connectivity index (χ0) is 15.4. The summed E-state index contributed by atoms with van der Waals surface area (Å²) in [5, 5.41) is 0. The van der Waals surface area contributed by atoms with Gasteiger partial charge in [0.15, 0.2) is 0 Å². The van der Waals surface area contributed by atoms with Crippen LogP contribution >= 0.6 is 0 Å². The maximum absolute atomic E-state index is 13.7. The lowest BCUT2D eigenvalue weighted by Crippen LogP contribution is -2.45. The Kier molecular flexibility index (Phi) is 4.88. The molecule has 114 valence electrons. The van der Waals surface area contributed by atoms with Crippen molar-refractivity contribution in [3.05, 3.63) is 35.4 Å². The molecular weight excluding hydrogens is 280 g/mol. The minimum absolute atomic E-state index is 0.0883. The predicted molar refractivity (Wildman–Crippen MR) is 71.7 cm³/mol. The molecule has 0 saturated carbocycles. The van der Waals surface area contributed by atoms with Gasteiger partial charge in [0.25, 0.3) is 5.91 Å². The molecule has 6 heteroatoms. The van der Waals surface area contributed by atoms with Gasteiger partial charge in [-0.3, -0.25) is 9.59 Å². The minimum Gasteiger partial charge on any atom is -0.469 e. The standard InChI is InChI=1S/C15H17F2NO3/c1-21-14(19)9-11-4-2-3-7-18(11)15(20)12-6-5-10(16)8-13(12)17/h5-6,8,11H,2-4,7,9H2,1H3. The Morgan fingerprint density at radius 3 is 2.76 bits per heavy atom. The number of hydrogen-bond donors (Lipinski definition) is 0. The molecule has 1 aromatic rings. The summed E-state index contributed by atoms with van der Waals surface area (Å²) in [7, 11) is 1.29. The average molecular weight is 297 g/mol. The van der Waals surface area contributed by atoms with E-state index in [-0.39, 0.29) is 18.0 Å². The Bertz CT molecular complexity index is 548. The summed E-state index contributed by atoms with van der Waals surface area (Å²) in [6.45, 7) is 0.456. The van der Waals surface area contributed by atoms with Crippen molar-refractivity contribution in [2.24, 2.45) is 0 Å². The van der Waals surface area contributed by atoms with Gasteiger partial charge in [0.05, 0.1) is 19.1 Å². The van der Waals surface area contributed by atoms with Crippen molar-refractivity contribution in [2.75, 3.05) is 13.7 Å². The first-order chi connectivity index (χ1) is 10.0. The number of ether oxygens (including phenoxy) is 1. The molecule has 0 N–H and O–H groups in total. The Morgan fingerprint density at radius 2 is 2.10 bits per heavy atom. The molecule has 0 bridgehead atoms. The van der Waals surface area contributed by atoms with Crippen LogP contribution in [0.2, 0.25) is 0 Å². The van der Waals surface area contributed by atoms with Gasteiger partial charge in [0.2, 0.25) is 0 Å². The average Bonchev–Trinajstić information content (AvgIpc) is 2.47. The lowest BCUT2D eigenvalue weighted by Gasteiger charge is -2.35. The van der Waals surface area contributed by atoms with Crippen molar-refractivity contribution in [1.82, 2.24) is 4.90 Å². The number of halogens is 2. The van der Waals surface area contributed by atoms with Gasteiger partial charge < -0.3 is 9.64 Å². The minimum atomic E-state index is -0.887.